The number of hydrogen-bond donors (Lipinski definition) is 0. The summed E-state index contributed by atoms with van der Waals surface area (Å²) in [6, 6.07) is 0.369. The Balaban J connectivity index is 2.20. The Morgan fingerprint density at radius 1 is 1.42 bits per heavy atom. The summed E-state index contributed by atoms with van der Waals surface area (Å²) in [5, 5.41) is 4.45. The van der Waals surface area contributed by atoms with E-state index in [0.29, 0.717) is 6.04 Å². The summed E-state index contributed by atoms with van der Waals surface area (Å²) >= 11 is 0. The van der Waals surface area contributed by atoms with Crippen LogP contribution in [0.15, 0.2) is 0 Å². The van der Waals surface area contributed by atoms with Crippen molar-refractivity contribution in [2.75, 3.05) is 34.0 Å². The van der Waals surface area contributed by atoms with E-state index in [1.807, 2.05) is 0 Å². The van der Waals surface area contributed by atoms with Crippen LogP contribution < -0.4 is 5.32 Å². The van der Waals surface area contributed by atoms with Crippen LogP contribution in [0.4, 0.5) is 0 Å². The summed E-state index contributed by atoms with van der Waals surface area (Å²) in [6.45, 7) is 2.47. The molecule has 0 aromatic heterocycles. The molecule has 1 rings (SSSR count). The van der Waals surface area contributed by atoms with Crippen LogP contribution >= 0.6 is 0 Å². The molecule has 1 heterocycles. The Kier molecular flexibility index (Phi) is 4.58. The van der Waals surface area contributed by atoms with Gasteiger partial charge in [-0.05, 0) is 12.8 Å². The van der Waals surface area contributed by atoms with Crippen LogP contribution in [-0.4, -0.2) is 40.0 Å². The van der Waals surface area contributed by atoms with Gasteiger partial charge in [-0.15, -0.1) is 0 Å². The third-order valence-electron chi connectivity index (χ3n) is 2.08. The molecule has 0 spiro atoms. The number of methoxy groups -OCH3 is 2. The Hall–Kier alpha value is -0.120. The second-order valence-corrected chi connectivity index (χ2v) is 3.15. The SMILES string of the molecule is COC[C]1CC[N]C(COC)C1. The molecule has 0 aromatic carbocycles. The summed E-state index contributed by atoms with van der Waals surface area (Å²) in [5.74, 6) is 1.47. The molecule has 3 heteroatoms. The van der Waals surface area contributed by atoms with Crippen molar-refractivity contribution >= 4 is 0 Å². The van der Waals surface area contributed by atoms with Gasteiger partial charge in [0.25, 0.3) is 0 Å². The predicted octanol–water partition coefficient (Wildman–Crippen LogP) is 0.620. The van der Waals surface area contributed by atoms with Gasteiger partial charge >= 0.3 is 0 Å². The van der Waals surface area contributed by atoms with Crippen molar-refractivity contribution in [1.82, 2.24) is 5.32 Å². The van der Waals surface area contributed by atoms with Crippen molar-refractivity contribution in [3.63, 3.8) is 0 Å². The molecular formula is C9H17NO2. The zero-order chi connectivity index (χ0) is 8.81. The van der Waals surface area contributed by atoms with E-state index >= 15 is 0 Å². The number of ether oxygens (including phenoxy) is 2. The number of nitrogens with zero attached hydrogens (tertiary/aromatic N) is 1. The van der Waals surface area contributed by atoms with Crippen LogP contribution in [0.25, 0.3) is 0 Å². The molecular weight excluding hydrogens is 154 g/mol. The first-order valence-corrected chi connectivity index (χ1v) is 4.35. The molecule has 1 atom stereocenters. The first-order valence-electron chi connectivity index (χ1n) is 4.35. The van der Waals surface area contributed by atoms with Crippen LogP contribution in [0.1, 0.15) is 12.8 Å². The van der Waals surface area contributed by atoms with Crippen molar-refractivity contribution in [2.45, 2.75) is 18.9 Å². The first kappa shape index (κ1) is 9.96. The molecule has 70 valence electrons. The topological polar surface area (TPSA) is 32.6 Å². The molecule has 1 saturated heterocycles. The van der Waals surface area contributed by atoms with E-state index in [-0.39, 0.29) is 0 Å². The van der Waals surface area contributed by atoms with Gasteiger partial charge in [0.1, 0.15) is 0 Å². The molecule has 12 heavy (non-hydrogen) atoms. The number of piperidine rings is 1. The normalized spacial score (nSPS) is 26.0. The fourth-order valence-corrected chi connectivity index (χ4v) is 1.54. The van der Waals surface area contributed by atoms with Crippen molar-refractivity contribution in [1.29, 1.82) is 0 Å². The maximum Gasteiger partial charge on any atom is 0.0632 e. The van der Waals surface area contributed by atoms with E-state index in [9.17, 15) is 0 Å². The highest BCUT2D eigenvalue weighted by Gasteiger charge is 2.22. The maximum absolute atomic E-state index is 5.09. The predicted molar refractivity (Wildman–Crippen MR) is 47.0 cm³/mol. The minimum Gasteiger partial charge on any atom is -0.384 e. The van der Waals surface area contributed by atoms with Crippen molar-refractivity contribution in [3.05, 3.63) is 5.92 Å². The third kappa shape index (κ3) is 3.09. The van der Waals surface area contributed by atoms with Gasteiger partial charge in [-0.25, -0.2) is 5.32 Å². The van der Waals surface area contributed by atoms with Gasteiger partial charge in [0.05, 0.1) is 13.2 Å². The summed E-state index contributed by atoms with van der Waals surface area (Å²) in [6.07, 6.45) is 2.13. The highest BCUT2D eigenvalue weighted by molar-refractivity contribution is 4.98. The minimum atomic E-state index is 0.369. The highest BCUT2D eigenvalue weighted by Crippen LogP contribution is 2.19. The molecule has 1 fully saturated rings. The first-order chi connectivity index (χ1) is 5.86. The Bertz CT molecular complexity index is 103. The molecule has 1 unspecified atom stereocenters. The second kappa shape index (κ2) is 5.51. The van der Waals surface area contributed by atoms with Gasteiger partial charge in [0.2, 0.25) is 0 Å². The van der Waals surface area contributed by atoms with E-state index in [1.165, 1.54) is 5.92 Å². The molecule has 0 aromatic rings. The smallest absolute Gasteiger partial charge is 0.0632 e. The van der Waals surface area contributed by atoms with Crippen LogP contribution in [0.2, 0.25) is 0 Å². The van der Waals surface area contributed by atoms with E-state index in [2.05, 4.69) is 5.32 Å². The molecule has 0 aliphatic carbocycles. The lowest BCUT2D eigenvalue weighted by Gasteiger charge is -2.27. The van der Waals surface area contributed by atoms with Crippen LogP contribution in [0.3, 0.4) is 0 Å². The zero-order valence-corrected chi connectivity index (χ0v) is 7.88. The van der Waals surface area contributed by atoms with Gasteiger partial charge in [0.15, 0.2) is 0 Å². The fourth-order valence-electron chi connectivity index (χ4n) is 1.54. The maximum atomic E-state index is 5.09. The van der Waals surface area contributed by atoms with Gasteiger partial charge in [-0.1, -0.05) is 0 Å². The zero-order valence-electron chi connectivity index (χ0n) is 7.88. The summed E-state index contributed by atoms with van der Waals surface area (Å²) in [4.78, 5) is 0. The fraction of sp³-hybridized carbons (Fsp3) is 0.889. The molecule has 2 radical (unpaired) electrons. The molecule has 0 amide bonds. The number of rotatable bonds is 4. The second-order valence-electron chi connectivity index (χ2n) is 3.15. The van der Waals surface area contributed by atoms with Crippen LogP contribution in [0.5, 0.6) is 0 Å². The van der Waals surface area contributed by atoms with Gasteiger partial charge in [-0.3, -0.25) is 0 Å². The lowest BCUT2D eigenvalue weighted by atomic mass is 9.94. The van der Waals surface area contributed by atoms with E-state index < -0.39 is 0 Å². The third-order valence-corrected chi connectivity index (χ3v) is 2.08. The van der Waals surface area contributed by atoms with E-state index in [4.69, 9.17) is 9.47 Å². The largest absolute Gasteiger partial charge is 0.384 e. The average Bonchev–Trinajstić information content (AvgIpc) is 2.06. The Morgan fingerprint density at radius 3 is 2.92 bits per heavy atom. The Morgan fingerprint density at radius 2 is 2.25 bits per heavy atom. The Labute approximate surface area is 74.4 Å². The average molecular weight is 171 g/mol. The summed E-state index contributed by atoms with van der Waals surface area (Å²) < 4.78 is 10.1. The quantitative estimate of drug-likeness (QED) is 0.621. The molecule has 1 aliphatic heterocycles. The highest BCUT2D eigenvalue weighted by atomic mass is 16.5. The van der Waals surface area contributed by atoms with E-state index in [1.54, 1.807) is 14.2 Å². The monoisotopic (exact) mass is 171 g/mol. The van der Waals surface area contributed by atoms with Crippen molar-refractivity contribution < 1.29 is 9.47 Å². The molecule has 1 aliphatic rings. The lowest BCUT2D eigenvalue weighted by Crippen LogP contribution is -2.36. The minimum absolute atomic E-state index is 0.369. The van der Waals surface area contributed by atoms with Gasteiger partial charge in [-0.2, -0.15) is 0 Å². The number of hydrogen-bond acceptors (Lipinski definition) is 2. The van der Waals surface area contributed by atoms with Gasteiger partial charge in [0, 0.05) is 32.7 Å². The molecule has 3 nitrogen and oxygen atoms in total. The molecule has 0 saturated carbocycles. The summed E-state index contributed by atoms with van der Waals surface area (Å²) in [7, 11) is 3.46. The van der Waals surface area contributed by atoms with Crippen molar-refractivity contribution in [3.8, 4) is 0 Å². The lowest BCUT2D eigenvalue weighted by molar-refractivity contribution is 0.141. The van der Waals surface area contributed by atoms with Gasteiger partial charge < -0.3 is 9.47 Å². The summed E-state index contributed by atoms with van der Waals surface area (Å²) in [5.41, 5.74) is 0. The van der Waals surface area contributed by atoms with E-state index in [0.717, 1.165) is 32.6 Å². The molecule has 0 bridgehead atoms. The standard InChI is InChI=1S/C9H17NO2/c1-11-6-8-3-4-10-9(5-8)7-12-2/h9H,3-7H2,1-2H3. The van der Waals surface area contributed by atoms with Crippen LogP contribution in [-0.2, 0) is 9.47 Å². The molecule has 0 N–H and O–H groups in total. The van der Waals surface area contributed by atoms with Crippen molar-refractivity contribution in [2.24, 2.45) is 0 Å². The van der Waals surface area contributed by atoms with Crippen LogP contribution in [0, 0.1) is 5.92 Å².